The number of non-ortho nitro benzene ring substituents is 1. The summed E-state index contributed by atoms with van der Waals surface area (Å²) in [6.45, 7) is 0.688. The molecule has 0 spiro atoms. The second kappa shape index (κ2) is 5.13. The first-order valence-corrected chi connectivity index (χ1v) is 5.75. The van der Waals surface area contributed by atoms with E-state index in [0.717, 1.165) is 0 Å². The summed E-state index contributed by atoms with van der Waals surface area (Å²) in [5.74, 6) is 0.0643. The number of benzene rings is 1. The number of ether oxygens (including phenoxy) is 2. The second-order valence-electron chi connectivity index (χ2n) is 4.13. The summed E-state index contributed by atoms with van der Waals surface area (Å²) in [4.78, 5) is 23.6. The zero-order chi connectivity index (χ0) is 14.0. The third kappa shape index (κ3) is 2.31. The van der Waals surface area contributed by atoms with Crippen LogP contribution >= 0.6 is 0 Å². The van der Waals surface area contributed by atoms with Crippen molar-refractivity contribution in [2.24, 2.45) is 0 Å². The minimum atomic E-state index is -0.486. The highest BCUT2D eigenvalue weighted by Gasteiger charge is 2.36. The number of nitrogens with zero attached hydrogens (tertiary/aromatic N) is 2. The lowest BCUT2D eigenvalue weighted by Crippen LogP contribution is -2.53. The molecule has 1 atom stereocenters. The molecule has 7 nitrogen and oxygen atoms in total. The van der Waals surface area contributed by atoms with Crippen molar-refractivity contribution in [2.75, 3.05) is 25.7 Å². The van der Waals surface area contributed by atoms with Crippen molar-refractivity contribution in [3.63, 3.8) is 0 Å². The Balaban J connectivity index is 2.30. The highest BCUT2D eigenvalue weighted by molar-refractivity contribution is 5.83. The average molecular weight is 266 g/mol. The van der Waals surface area contributed by atoms with Gasteiger partial charge in [0, 0.05) is 12.6 Å². The molecule has 0 aliphatic carbocycles. The van der Waals surface area contributed by atoms with Crippen LogP contribution in [-0.4, -0.2) is 37.7 Å². The summed E-state index contributed by atoms with van der Waals surface area (Å²) in [7, 11) is 2.78. The van der Waals surface area contributed by atoms with Crippen molar-refractivity contribution >= 4 is 17.3 Å². The molecule has 2 rings (SSSR count). The molecular weight excluding hydrogens is 252 g/mol. The number of nitro benzene ring substituents is 1. The van der Waals surface area contributed by atoms with Gasteiger partial charge in [0.25, 0.3) is 5.69 Å². The Kier molecular flexibility index (Phi) is 3.55. The zero-order valence-electron chi connectivity index (χ0n) is 10.7. The maximum absolute atomic E-state index is 11.5. The first-order chi connectivity index (χ1) is 9.08. The summed E-state index contributed by atoms with van der Waals surface area (Å²) in [5.41, 5.74) is 0.616. The second-order valence-corrected chi connectivity index (χ2v) is 4.13. The molecule has 1 heterocycles. The number of carbonyl (C=O) groups excluding carboxylic acids is 1. The van der Waals surface area contributed by atoms with Crippen LogP contribution in [0.25, 0.3) is 0 Å². The topological polar surface area (TPSA) is 81.9 Å². The van der Waals surface area contributed by atoms with E-state index in [1.807, 2.05) is 4.90 Å². The molecule has 19 heavy (non-hydrogen) atoms. The third-order valence-corrected chi connectivity index (χ3v) is 3.18. The molecule has 1 aliphatic heterocycles. The molecule has 1 fully saturated rings. The highest BCUT2D eigenvalue weighted by Crippen LogP contribution is 2.37. The van der Waals surface area contributed by atoms with Crippen molar-refractivity contribution in [1.29, 1.82) is 0 Å². The van der Waals surface area contributed by atoms with Crippen LogP contribution in [0.4, 0.5) is 11.4 Å². The third-order valence-electron chi connectivity index (χ3n) is 3.18. The zero-order valence-corrected chi connectivity index (χ0v) is 10.7. The van der Waals surface area contributed by atoms with E-state index >= 15 is 0 Å². The van der Waals surface area contributed by atoms with Crippen molar-refractivity contribution in [1.82, 2.24) is 0 Å². The lowest BCUT2D eigenvalue weighted by atomic mass is 10.0. The molecular formula is C12H14N2O5. The average Bonchev–Trinajstić information content (AvgIpc) is 2.37. The number of methoxy groups -OCH3 is 2. The number of hydrogen-bond acceptors (Lipinski definition) is 6. The van der Waals surface area contributed by atoms with Gasteiger partial charge in [-0.25, -0.2) is 4.79 Å². The fraction of sp³-hybridized carbons (Fsp3) is 0.417. The molecule has 0 saturated carbocycles. The van der Waals surface area contributed by atoms with Crippen LogP contribution in [0.3, 0.4) is 0 Å². The molecule has 1 aromatic rings. The van der Waals surface area contributed by atoms with Gasteiger partial charge in [0.15, 0.2) is 0 Å². The molecule has 0 amide bonds. The highest BCUT2D eigenvalue weighted by atomic mass is 16.6. The van der Waals surface area contributed by atoms with Crippen molar-refractivity contribution < 1.29 is 19.2 Å². The van der Waals surface area contributed by atoms with Crippen molar-refractivity contribution in [3.05, 3.63) is 28.3 Å². The largest absolute Gasteiger partial charge is 0.494 e. The Bertz CT molecular complexity index is 517. The SMILES string of the molecule is COC(=O)C1CCN1c1ccc([N+](=O)[O-])cc1OC. The normalized spacial score (nSPS) is 17.6. The molecule has 1 unspecified atom stereocenters. The van der Waals surface area contributed by atoms with Gasteiger partial charge in [-0.05, 0) is 12.5 Å². The fourth-order valence-corrected chi connectivity index (χ4v) is 2.07. The van der Waals surface area contributed by atoms with Gasteiger partial charge < -0.3 is 14.4 Å². The van der Waals surface area contributed by atoms with Gasteiger partial charge >= 0.3 is 5.97 Å². The summed E-state index contributed by atoms with van der Waals surface area (Å²) in [6, 6.07) is 3.99. The lowest BCUT2D eigenvalue weighted by molar-refractivity contribution is -0.384. The van der Waals surface area contributed by atoms with Gasteiger partial charge in [0.2, 0.25) is 0 Å². The number of nitro groups is 1. The van der Waals surface area contributed by atoms with Gasteiger partial charge in [-0.15, -0.1) is 0 Å². The Morgan fingerprint density at radius 2 is 2.21 bits per heavy atom. The van der Waals surface area contributed by atoms with E-state index < -0.39 is 4.92 Å². The number of hydrogen-bond donors (Lipinski definition) is 0. The van der Waals surface area contributed by atoms with E-state index in [4.69, 9.17) is 9.47 Å². The maximum Gasteiger partial charge on any atom is 0.328 e. The van der Waals surface area contributed by atoms with Crippen molar-refractivity contribution in [3.8, 4) is 5.75 Å². The maximum atomic E-state index is 11.5. The van der Waals surface area contributed by atoms with Crippen LogP contribution in [-0.2, 0) is 9.53 Å². The summed E-state index contributed by atoms with van der Waals surface area (Å²) in [5, 5.41) is 10.7. The molecule has 0 N–H and O–H groups in total. The predicted molar refractivity (Wildman–Crippen MR) is 67.4 cm³/mol. The van der Waals surface area contributed by atoms with E-state index in [1.165, 1.54) is 26.4 Å². The van der Waals surface area contributed by atoms with E-state index in [2.05, 4.69) is 0 Å². The molecule has 0 bridgehead atoms. The van der Waals surface area contributed by atoms with E-state index in [-0.39, 0.29) is 17.7 Å². The first kappa shape index (κ1) is 13.1. The van der Waals surface area contributed by atoms with Gasteiger partial charge in [0.05, 0.1) is 30.9 Å². The summed E-state index contributed by atoms with van der Waals surface area (Å²) < 4.78 is 9.87. The Morgan fingerprint density at radius 3 is 2.68 bits per heavy atom. The van der Waals surface area contributed by atoms with Gasteiger partial charge in [-0.1, -0.05) is 0 Å². The molecule has 1 saturated heterocycles. The Morgan fingerprint density at radius 1 is 1.47 bits per heavy atom. The molecule has 7 heteroatoms. The van der Waals surface area contributed by atoms with Crippen LogP contribution in [0.15, 0.2) is 18.2 Å². The van der Waals surface area contributed by atoms with Crippen LogP contribution in [0, 0.1) is 10.1 Å². The summed E-state index contributed by atoms with van der Waals surface area (Å²) in [6.07, 6.45) is 0.701. The molecule has 1 aromatic carbocycles. The lowest BCUT2D eigenvalue weighted by Gasteiger charge is -2.41. The van der Waals surface area contributed by atoms with E-state index in [9.17, 15) is 14.9 Å². The van der Waals surface area contributed by atoms with Crippen molar-refractivity contribution in [2.45, 2.75) is 12.5 Å². The number of anilines is 1. The monoisotopic (exact) mass is 266 g/mol. The minimum Gasteiger partial charge on any atom is -0.494 e. The van der Waals surface area contributed by atoms with Crippen LogP contribution in [0.2, 0.25) is 0 Å². The quantitative estimate of drug-likeness (QED) is 0.465. The van der Waals surface area contributed by atoms with E-state index in [0.29, 0.717) is 24.4 Å². The van der Waals surface area contributed by atoms with Crippen LogP contribution < -0.4 is 9.64 Å². The van der Waals surface area contributed by atoms with Crippen LogP contribution in [0.1, 0.15) is 6.42 Å². The number of carbonyl (C=O) groups is 1. The molecule has 0 aromatic heterocycles. The predicted octanol–water partition coefficient (Wildman–Crippen LogP) is 1.36. The summed E-state index contributed by atoms with van der Waals surface area (Å²) >= 11 is 0. The Labute approximate surface area is 109 Å². The van der Waals surface area contributed by atoms with E-state index in [1.54, 1.807) is 6.07 Å². The standard InChI is InChI=1S/C12H14N2O5/c1-18-11-7-8(14(16)17)3-4-9(11)13-6-5-10(13)12(15)19-2/h3-4,7,10H,5-6H2,1-2H3. The molecule has 0 radical (unpaired) electrons. The Hall–Kier alpha value is -2.31. The fourth-order valence-electron chi connectivity index (χ4n) is 2.07. The number of rotatable bonds is 4. The van der Waals surface area contributed by atoms with Gasteiger partial charge in [-0.2, -0.15) is 0 Å². The molecule has 1 aliphatic rings. The van der Waals surface area contributed by atoms with Crippen LogP contribution in [0.5, 0.6) is 5.75 Å². The molecule has 102 valence electrons. The van der Waals surface area contributed by atoms with Gasteiger partial charge in [-0.3, -0.25) is 10.1 Å². The van der Waals surface area contributed by atoms with Gasteiger partial charge in [0.1, 0.15) is 11.8 Å². The smallest absolute Gasteiger partial charge is 0.328 e. The first-order valence-electron chi connectivity index (χ1n) is 5.75. The minimum absolute atomic E-state index is 0.0456. The number of esters is 1.